The number of hydrogen-bond acceptors (Lipinski definition) is 6. The molecule has 0 aliphatic rings. The van der Waals surface area contributed by atoms with Crippen LogP contribution < -0.4 is 10.5 Å². The van der Waals surface area contributed by atoms with Gasteiger partial charge in [0.2, 0.25) is 5.95 Å². The maximum Gasteiger partial charge on any atom is 0.219 e. The second-order valence-electron chi connectivity index (χ2n) is 5.85. The zero-order chi connectivity index (χ0) is 19.4. The number of aliphatic hydroxyl groups is 1. The van der Waals surface area contributed by atoms with Gasteiger partial charge in [0.15, 0.2) is 0 Å². The Bertz CT molecular complexity index is 968. The van der Waals surface area contributed by atoms with Crippen molar-refractivity contribution in [2.24, 2.45) is 0 Å². The number of rotatable bonds is 6. The van der Waals surface area contributed by atoms with Gasteiger partial charge in [0.05, 0.1) is 11.5 Å². The van der Waals surface area contributed by atoms with E-state index >= 15 is 0 Å². The molecule has 0 bridgehead atoms. The zero-order valence-electron chi connectivity index (χ0n) is 14.5. The summed E-state index contributed by atoms with van der Waals surface area (Å²) >= 11 is 0. The van der Waals surface area contributed by atoms with E-state index in [9.17, 15) is 8.60 Å². The highest BCUT2D eigenvalue weighted by Gasteiger charge is 2.16. The highest BCUT2D eigenvalue weighted by molar-refractivity contribution is 7.83. The molecule has 7 nitrogen and oxygen atoms in total. The van der Waals surface area contributed by atoms with E-state index in [1.165, 1.54) is 24.7 Å². The SMILES string of the molecule is C[C@H](CO)NS(=O)c1ccccc1-c1cnc(-c2cnc(N)nc2)c(F)c1. The smallest absolute Gasteiger partial charge is 0.219 e. The quantitative estimate of drug-likeness (QED) is 0.595. The van der Waals surface area contributed by atoms with E-state index in [0.29, 0.717) is 21.6 Å². The lowest BCUT2D eigenvalue weighted by Gasteiger charge is -2.14. The summed E-state index contributed by atoms with van der Waals surface area (Å²) in [6.07, 6.45) is 4.30. The van der Waals surface area contributed by atoms with E-state index in [1.807, 2.05) is 0 Å². The second kappa shape index (κ2) is 8.30. The van der Waals surface area contributed by atoms with Crippen LogP contribution in [0.15, 0.2) is 53.8 Å². The summed E-state index contributed by atoms with van der Waals surface area (Å²) in [5, 5.41) is 9.13. The van der Waals surface area contributed by atoms with E-state index in [2.05, 4.69) is 19.7 Å². The highest BCUT2D eigenvalue weighted by atomic mass is 32.2. The molecule has 2 aromatic heterocycles. The molecule has 9 heteroatoms. The highest BCUT2D eigenvalue weighted by Crippen LogP contribution is 2.29. The molecule has 0 aliphatic carbocycles. The zero-order valence-corrected chi connectivity index (χ0v) is 15.3. The van der Waals surface area contributed by atoms with Crippen molar-refractivity contribution in [3.8, 4) is 22.4 Å². The normalized spacial score (nSPS) is 13.3. The van der Waals surface area contributed by atoms with Gasteiger partial charge in [-0.1, -0.05) is 18.2 Å². The van der Waals surface area contributed by atoms with Gasteiger partial charge >= 0.3 is 0 Å². The van der Waals surface area contributed by atoms with Crippen molar-refractivity contribution in [2.45, 2.75) is 17.9 Å². The first kappa shape index (κ1) is 19.0. The first-order valence-corrected chi connectivity index (χ1v) is 9.26. The number of benzene rings is 1. The first-order valence-electron chi connectivity index (χ1n) is 8.11. The van der Waals surface area contributed by atoms with Crippen LogP contribution in [0.2, 0.25) is 0 Å². The Morgan fingerprint density at radius 1 is 1.19 bits per heavy atom. The molecule has 3 aromatic rings. The van der Waals surface area contributed by atoms with E-state index < -0.39 is 16.8 Å². The Morgan fingerprint density at radius 3 is 2.52 bits per heavy atom. The average molecular weight is 387 g/mol. The van der Waals surface area contributed by atoms with E-state index in [1.54, 1.807) is 31.2 Å². The molecule has 0 aliphatic heterocycles. The van der Waals surface area contributed by atoms with Crippen molar-refractivity contribution in [1.82, 2.24) is 19.7 Å². The van der Waals surface area contributed by atoms with E-state index in [0.717, 1.165) is 0 Å². The van der Waals surface area contributed by atoms with Crippen LogP contribution in [0.5, 0.6) is 0 Å². The van der Waals surface area contributed by atoms with Gasteiger partial charge in [-0.05, 0) is 19.1 Å². The van der Waals surface area contributed by atoms with Gasteiger partial charge in [-0.2, -0.15) is 0 Å². The standard InChI is InChI=1S/C18H18FN5O2S/c1-11(10-25)24-27(26)16-5-3-2-4-14(16)12-6-15(19)17(21-7-12)13-8-22-18(20)23-9-13/h2-9,11,24-25H,10H2,1H3,(H2,20,22,23)/t11-,27?/m1/s1. The van der Waals surface area contributed by atoms with Crippen LogP contribution in [0.1, 0.15) is 6.92 Å². The van der Waals surface area contributed by atoms with Crippen LogP contribution in [0.3, 0.4) is 0 Å². The van der Waals surface area contributed by atoms with Crippen LogP contribution in [-0.4, -0.2) is 36.9 Å². The van der Waals surface area contributed by atoms with Gasteiger partial charge in [0, 0.05) is 41.3 Å². The molecule has 140 valence electrons. The molecule has 0 saturated carbocycles. The summed E-state index contributed by atoms with van der Waals surface area (Å²) < 4.78 is 30.0. The summed E-state index contributed by atoms with van der Waals surface area (Å²) in [5.74, 6) is -0.463. The summed E-state index contributed by atoms with van der Waals surface area (Å²) in [5.41, 5.74) is 7.02. The third kappa shape index (κ3) is 4.33. The average Bonchev–Trinajstić information content (AvgIpc) is 2.68. The van der Waals surface area contributed by atoms with Crippen LogP contribution in [-0.2, 0) is 11.0 Å². The summed E-state index contributed by atoms with van der Waals surface area (Å²) in [4.78, 5) is 12.3. The predicted octanol–water partition coefficient (Wildman–Crippen LogP) is 1.92. The number of hydrogen-bond donors (Lipinski definition) is 3. The monoisotopic (exact) mass is 387 g/mol. The lowest BCUT2D eigenvalue weighted by molar-refractivity contribution is 0.266. The number of aromatic nitrogens is 3. The number of nitrogens with one attached hydrogen (secondary N) is 1. The molecule has 0 fully saturated rings. The van der Waals surface area contributed by atoms with Crippen LogP contribution in [0.4, 0.5) is 10.3 Å². The Hall–Kier alpha value is -2.75. The molecule has 0 saturated heterocycles. The third-order valence-corrected chi connectivity index (χ3v) is 5.14. The molecule has 0 amide bonds. The minimum absolute atomic E-state index is 0.0943. The van der Waals surface area contributed by atoms with E-state index in [4.69, 9.17) is 10.8 Å². The van der Waals surface area contributed by atoms with Crippen LogP contribution in [0.25, 0.3) is 22.4 Å². The molecule has 0 radical (unpaired) electrons. The maximum absolute atomic E-state index is 14.6. The topological polar surface area (TPSA) is 114 Å². The van der Waals surface area contributed by atoms with Crippen LogP contribution in [0, 0.1) is 5.82 Å². The van der Waals surface area contributed by atoms with Crippen molar-refractivity contribution >= 4 is 16.9 Å². The molecule has 4 N–H and O–H groups in total. The van der Waals surface area contributed by atoms with Crippen molar-refractivity contribution in [3.05, 3.63) is 54.7 Å². The largest absolute Gasteiger partial charge is 0.395 e. The van der Waals surface area contributed by atoms with Gasteiger partial charge < -0.3 is 10.8 Å². The van der Waals surface area contributed by atoms with Crippen LogP contribution >= 0.6 is 0 Å². The molecule has 2 atom stereocenters. The Morgan fingerprint density at radius 2 is 1.85 bits per heavy atom. The summed E-state index contributed by atoms with van der Waals surface area (Å²) in [6.45, 7) is 1.56. The Labute approximate surface area is 158 Å². The fourth-order valence-electron chi connectivity index (χ4n) is 2.41. The van der Waals surface area contributed by atoms with Crippen molar-refractivity contribution in [3.63, 3.8) is 0 Å². The summed E-state index contributed by atoms with van der Waals surface area (Å²) in [7, 11) is -1.57. The first-order chi connectivity index (χ1) is 13.0. The number of halogens is 1. The molecule has 1 unspecified atom stereocenters. The van der Waals surface area contributed by atoms with Gasteiger partial charge in [0.25, 0.3) is 0 Å². The third-order valence-electron chi connectivity index (χ3n) is 3.77. The molecule has 1 aromatic carbocycles. The molecule has 0 spiro atoms. The maximum atomic E-state index is 14.6. The number of anilines is 1. The van der Waals surface area contributed by atoms with Crippen molar-refractivity contribution in [1.29, 1.82) is 0 Å². The van der Waals surface area contributed by atoms with E-state index in [-0.39, 0.29) is 24.3 Å². The number of pyridine rings is 1. The Balaban J connectivity index is 1.97. The number of nitrogens with zero attached hydrogens (tertiary/aromatic N) is 3. The lowest BCUT2D eigenvalue weighted by Crippen LogP contribution is -2.31. The number of nitrogen functional groups attached to an aromatic ring is 1. The Kier molecular flexibility index (Phi) is 5.84. The van der Waals surface area contributed by atoms with Gasteiger partial charge in [-0.25, -0.2) is 23.3 Å². The molecular formula is C18H18FN5O2S. The molecule has 3 rings (SSSR count). The van der Waals surface area contributed by atoms with Gasteiger partial charge in [0.1, 0.15) is 22.5 Å². The molecular weight excluding hydrogens is 369 g/mol. The van der Waals surface area contributed by atoms with Crippen molar-refractivity contribution < 1.29 is 13.7 Å². The number of aliphatic hydroxyl groups excluding tert-OH is 1. The van der Waals surface area contributed by atoms with Crippen molar-refractivity contribution in [2.75, 3.05) is 12.3 Å². The van der Waals surface area contributed by atoms with Gasteiger partial charge in [-0.3, -0.25) is 4.98 Å². The van der Waals surface area contributed by atoms with Gasteiger partial charge in [-0.15, -0.1) is 0 Å². The molecule has 27 heavy (non-hydrogen) atoms. The second-order valence-corrected chi connectivity index (χ2v) is 7.06. The number of nitrogens with two attached hydrogens (primary N) is 1. The minimum Gasteiger partial charge on any atom is -0.395 e. The minimum atomic E-state index is -1.57. The fourth-order valence-corrected chi connectivity index (χ4v) is 3.56. The molecule has 2 heterocycles. The summed E-state index contributed by atoms with van der Waals surface area (Å²) in [6, 6.07) is 7.91. The lowest BCUT2D eigenvalue weighted by atomic mass is 10.1. The fraction of sp³-hybridized carbons (Fsp3) is 0.167. The predicted molar refractivity (Wildman–Crippen MR) is 101 cm³/mol.